The van der Waals surface area contributed by atoms with Crippen LogP contribution < -0.4 is 4.72 Å². The Balaban J connectivity index is 2.04. The molecule has 1 heterocycles. The molecule has 1 amide bonds. The molecule has 0 bridgehead atoms. The van der Waals surface area contributed by atoms with Crippen molar-refractivity contribution in [3.8, 4) is 0 Å². The van der Waals surface area contributed by atoms with Gasteiger partial charge in [-0.05, 0) is 55.4 Å². The molecule has 1 aromatic heterocycles. The van der Waals surface area contributed by atoms with Gasteiger partial charge in [0.25, 0.3) is 5.91 Å². The molecule has 0 unspecified atom stereocenters. The van der Waals surface area contributed by atoms with Crippen LogP contribution in [0, 0.1) is 0 Å². The molecule has 0 aliphatic heterocycles. The molecule has 30 heavy (non-hydrogen) atoms. The molecule has 1 aromatic carbocycles. The normalized spacial score (nSPS) is 16.4. The highest BCUT2D eigenvalue weighted by Gasteiger charge is 2.25. The van der Waals surface area contributed by atoms with Crippen LogP contribution in [0.2, 0.25) is 0 Å². The number of nitrogens with zero attached hydrogens (tertiary/aromatic N) is 1. The maximum absolute atomic E-state index is 12.5. The van der Waals surface area contributed by atoms with Crippen molar-refractivity contribution in [2.24, 2.45) is 0 Å². The summed E-state index contributed by atoms with van der Waals surface area (Å²) < 4.78 is 27.1. The molecule has 164 valence electrons. The van der Waals surface area contributed by atoms with Gasteiger partial charge >= 0.3 is 10.2 Å². The van der Waals surface area contributed by atoms with Gasteiger partial charge in [-0.3, -0.25) is 4.79 Å². The Morgan fingerprint density at radius 2 is 1.93 bits per heavy atom. The third-order valence-electron chi connectivity index (χ3n) is 5.95. The first-order chi connectivity index (χ1) is 14.2. The minimum Gasteiger partial charge on any atom is -0.355 e. The fourth-order valence-electron chi connectivity index (χ4n) is 4.22. The zero-order valence-corrected chi connectivity index (χ0v) is 19.2. The van der Waals surface area contributed by atoms with Gasteiger partial charge in [0.1, 0.15) is 0 Å². The van der Waals surface area contributed by atoms with Crippen molar-refractivity contribution in [1.29, 1.82) is 0 Å². The number of hydrogen-bond acceptors (Lipinski definition) is 3. The Hall–Kier alpha value is -2.12. The van der Waals surface area contributed by atoms with E-state index in [-0.39, 0.29) is 0 Å². The van der Waals surface area contributed by atoms with Gasteiger partial charge in [-0.15, -0.1) is 0 Å². The molecule has 1 aliphatic rings. The highest BCUT2D eigenvalue weighted by Crippen LogP contribution is 2.41. The first-order valence-corrected chi connectivity index (χ1v) is 12.3. The van der Waals surface area contributed by atoms with Gasteiger partial charge < -0.3 is 4.98 Å². The lowest BCUT2D eigenvalue weighted by molar-refractivity contribution is 0.0980. The van der Waals surface area contributed by atoms with Gasteiger partial charge in [0.05, 0.1) is 0 Å². The average molecular weight is 432 g/mol. The Morgan fingerprint density at radius 3 is 2.57 bits per heavy atom. The zero-order valence-electron chi connectivity index (χ0n) is 18.4. The summed E-state index contributed by atoms with van der Waals surface area (Å²) in [6, 6.07) is 5.44. The second-order valence-electron chi connectivity index (χ2n) is 8.40. The van der Waals surface area contributed by atoms with Crippen LogP contribution in [0.1, 0.15) is 86.3 Å². The van der Waals surface area contributed by atoms with Gasteiger partial charge in [-0.25, -0.2) is 4.72 Å². The van der Waals surface area contributed by atoms with Gasteiger partial charge in [0.2, 0.25) is 0 Å². The predicted molar refractivity (Wildman–Crippen MR) is 123 cm³/mol. The maximum atomic E-state index is 12.5. The number of allylic oxidation sites excluding steroid dienone is 2. The van der Waals surface area contributed by atoms with Gasteiger partial charge in [-0.1, -0.05) is 44.7 Å². The number of unbranched alkanes of at least 4 members (excludes halogenated alkanes) is 1. The van der Waals surface area contributed by atoms with Crippen LogP contribution in [0.3, 0.4) is 0 Å². The average Bonchev–Trinajstić information content (AvgIpc) is 3.11. The summed E-state index contributed by atoms with van der Waals surface area (Å²) in [7, 11) is -1.05. The number of carbonyl (C=O) groups excluding carboxylic acids is 1. The van der Waals surface area contributed by atoms with Crippen molar-refractivity contribution in [2.75, 3.05) is 14.1 Å². The van der Waals surface area contributed by atoms with Gasteiger partial charge in [0.15, 0.2) is 0 Å². The number of carbonyl (C=O) groups is 1. The second kappa shape index (κ2) is 9.35. The molecule has 1 aliphatic carbocycles. The fourth-order valence-corrected chi connectivity index (χ4v) is 4.75. The van der Waals surface area contributed by atoms with Crippen LogP contribution in [-0.2, 0) is 10.2 Å². The summed E-state index contributed by atoms with van der Waals surface area (Å²) in [5.74, 6) is -0.111. The number of rotatable bonds is 7. The quantitative estimate of drug-likeness (QED) is 0.650. The highest BCUT2D eigenvalue weighted by atomic mass is 32.2. The number of fused-ring (bicyclic) bond motifs is 1. The number of amides is 1. The standard InChI is InChI=1S/C23H33N3O3S/c1-5-6-10-16(2)22-21(17-11-8-7-9-12-17)19-14-13-18(15-20(19)24-22)23(27)25-30(28,29)26(3)4/h10,13-15,17,24H,5-9,11-12H2,1-4H3,(H,25,27)/b16-10+. The van der Waals surface area contributed by atoms with Crippen LogP contribution in [0.25, 0.3) is 16.5 Å². The molecule has 2 aromatic rings. The summed E-state index contributed by atoms with van der Waals surface area (Å²) in [6.07, 6.45) is 10.6. The minimum absolute atomic E-state index is 0.325. The molecule has 0 spiro atoms. The van der Waals surface area contributed by atoms with Crippen LogP contribution in [-0.4, -0.2) is 37.7 Å². The van der Waals surface area contributed by atoms with Crippen LogP contribution in [0.4, 0.5) is 0 Å². The molecular formula is C23H33N3O3S. The van der Waals surface area contributed by atoms with Crippen molar-refractivity contribution >= 4 is 32.6 Å². The monoisotopic (exact) mass is 431 g/mol. The van der Waals surface area contributed by atoms with E-state index >= 15 is 0 Å². The topological polar surface area (TPSA) is 82.3 Å². The Bertz CT molecular complexity index is 1050. The van der Waals surface area contributed by atoms with E-state index in [0.717, 1.165) is 33.7 Å². The van der Waals surface area contributed by atoms with Crippen LogP contribution in [0.5, 0.6) is 0 Å². The molecule has 3 rings (SSSR count). The van der Waals surface area contributed by atoms with E-state index in [9.17, 15) is 13.2 Å². The highest BCUT2D eigenvalue weighted by molar-refractivity contribution is 7.87. The smallest absolute Gasteiger partial charge is 0.303 e. The number of aromatic nitrogens is 1. The predicted octanol–water partition coefficient (Wildman–Crippen LogP) is 4.96. The Kier molecular flexibility index (Phi) is 7.03. The van der Waals surface area contributed by atoms with E-state index in [4.69, 9.17) is 0 Å². The minimum atomic E-state index is -3.83. The number of H-pyrrole nitrogens is 1. The van der Waals surface area contributed by atoms with Gasteiger partial charge in [-0.2, -0.15) is 12.7 Å². The number of hydrogen-bond donors (Lipinski definition) is 2. The van der Waals surface area contributed by atoms with Crippen LogP contribution in [0.15, 0.2) is 24.3 Å². The molecule has 1 saturated carbocycles. The number of aromatic amines is 1. The number of nitrogens with one attached hydrogen (secondary N) is 2. The molecular weight excluding hydrogens is 398 g/mol. The van der Waals surface area contributed by atoms with Crippen molar-refractivity contribution in [3.63, 3.8) is 0 Å². The van der Waals surface area contributed by atoms with Crippen molar-refractivity contribution in [2.45, 2.75) is 64.7 Å². The molecule has 0 radical (unpaired) electrons. The van der Waals surface area contributed by atoms with Crippen molar-refractivity contribution in [1.82, 2.24) is 14.0 Å². The van der Waals surface area contributed by atoms with E-state index in [1.54, 1.807) is 12.1 Å². The molecule has 6 nitrogen and oxygen atoms in total. The molecule has 0 atom stereocenters. The molecule has 2 N–H and O–H groups in total. The van der Waals surface area contributed by atoms with E-state index in [1.807, 2.05) is 6.07 Å². The van der Waals surface area contributed by atoms with Crippen molar-refractivity contribution in [3.05, 3.63) is 41.1 Å². The largest absolute Gasteiger partial charge is 0.355 e. The third kappa shape index (κ3) is 4.78. The van der Waals surface area contributed by atoms with Crippen molar-refractivity contribution < 1.29 is 13.2 Å². The summed E-state index contributed by atoms with van der Waals surface area (Å²) in [6.45, 7) is 4.31. The SMILES string of the molecule is CCC/C=C(\C)c1[nH]c2cc(C(=O)NS(=O)(=O)N(C)C)ccc2c1C1CCCCC1. The first kappa shape index (κ1) is 22.6. The zero-order chi connectivity index (χ0) is 21.9. The van der Waals surface area contributed by atoms with Gasteiger partial charge in [0, 0.05) is 36.3 Å². The van der Waals surface area contributed by atoms with Crippen LogP contribution >= 0.6 is 0 Å². The Morgan fingerprint density at radius 1 is 1.23 bits per heavy atom. The Labute approximate surface area is 179 Å². The van der Waals surface area contributed by atoms with E-state index in [1.165, 1.54) is 57.3 Å². The summed E-state index contributed by atoms with van der Waals surface area (Å²) in [4.78, 5) is 16.1. The second-order valence-corrected chi connectivity index (χ2v) is 10.3. The lowest BCUT2D eigenvalue weighted by atomic mass is 9.82. The molecule has 7 heteroatoms. The third-order valence-corrected chi connectivity index (χ3v) is 7.36. The summed E-state index contributed by atoms with van der Waals surface area (Å²) in [5, 5.41) is 1.13. The van der Waals surface area contributed by atoms with E-state index in [2.05, 4.69) is 29.6 Å². The first-order valence-electron chi connectivity index (χ1n) is 10.8. The fraction of sp³-hybridized carbons (Fsp3) is 0.522. The lowest BCUT2D eigenvalue weighted by Crippen LogP contribution is -2.39. The summed E-state index contributed by atoms with van der Waals surface area (Å²) in [5.41, 5.74) is 4.94. The lowest BCUT2D eigenvalue weighted by Gasteiger charge is -2.23. The number of benzene rings is 1. The summed E-state index contributed by atoms with van der Waals surface area (Å²) >= 11 is 0. The van der Waals surface area contributed by atoms with E-state index in [0.29, 0.717) is 11.5 Å². The molecule has 0 saturated heterocycles. The molecule has 1 fully saturated rings. The van der Waals surface area contributed by atoms with E-state index < -0.39 is 16.1 Å². The maximum Gasteiger partial charge on any atom is 0.303 e.